The van der Waals surface area contributed by atoms with Gasteiger partial charge in [0.15, 0.2) is 0 Å². The van der Waals surface area contributed by atoms with Crippen LogP contribution in [0, 0.1) is 0 Å². The van der Waals surface area contributed by atoms with E-state index in [0.29, 0.717) is 6.07 Å². The highest BCUT2D eigenvalue weighted by atomic mass is 19.4. The van der Waals surface area contributed by atoms with Crippen LogP contribution in [-0.2, 0) is 15.7 Å². The topological polar surface area (TPSA) is 57.7 Å². The minimum Gasteiger partial charge on any atom is -0.475 e. The number of hydrogen-bond donors (Lipinski definition) is 0. The van der Waals surface area contributed by atoms with Gasteiger partial charge in [-0.2, -0.15) is 13.2 Å². The summed E-state index contributed by atoms with van der Waals surface area (Å²) in [6, 6.07) is 1.65. The molecule has 0 N–H and O–H groups in total. The summed E-state index contributed by atoms with van der Waals surface area (Å²) in [5.74, 6) is -1.26. The Morgan fingerprint density at radius 2 is 1.95 bits per heavy atom. The quantitative estimate of drug-likeness (QED) is 0.608. The molecule has 0 aliphatic rings. The van der Waals surface area contributed by atoms with E-state index in [1.165, 1.54) is 7.11 Å². The van der Waals surface area contributed by atoms with Crippen LogP contribution < -0.4 is 4.74 Å². The lowest BCUT2D eigenvalue weighted by Gasteiger charge is -2.12. The number of aromatic nitrogens is 1. The number of rotatable bonds is 5. The Balaban J connectivity index is 3.07. The summed E-state index contributed by atoms with van der Waals surface area (Å²) >= 11 is 0. The van der Waals surface area contributed by atoms with Crippen LogP contribution in [0.3, 0.4) is 0 Å². The molecule has 0 amide bonds. The van der Waals surface area contributed by atoms with Gasteiger partial charge in [-0.1, -0.05) is 0 Å². The van der Waals surface area contributed by atoms with Crippen molar-refractivity contribution in [2.24, 2.45) is 0 Å². The highest BCUT2D eigenvalue weighted by Gasteiger charge is 2.34. The zero-order valence-electron chi connectivity index (χ0n) is 10.3. The fourth-order valence-corrected chi connectivity index (χ4v) is 1.20. The van der Waals surface area contributed by atoms with Crippen molar-refractivity contribution >= 4 is 5.97 Å². The smallest absolute Gasteiger partial charge is 0.433 e. The van der Waals surface area contributed by atoms with Gasteiger partial charge in [-0.25, -0.2) is 9.78 Å². The summed E-state index contributed by atoms with van der Waals surface area (Å²) < 4.78 is 51.7. The highest BCUT2D eigenvalue weighted by Crippen LogP contribution is 2.30. The number of carbonyl (C=O) groups excluding carboxylic acids is 1. The van der Waals surface area contributed by atoms with Crippen LogP contribution in [-0.4, -0.2) is 38.4 Å². The normalized spacial score (nSPS) is 11.2. The van der Waals surface area contributed by atoms with Crippen LogP contribution in [0.1, 0.15) is 16.1 Å². The molecule has 0 saturated carbocycles. The number of ether oxygens (including phenoxy) is 3. The SMILES string of the molecule is COCCOc1nc(C(F)(F)F)ccc1C(=O)OC. The van der Waals surface area contributed by atoms with Gasteiger partial charge in [-0.05, 0) is 12.1 Å². The Labute approximate surface area is 107 Å². The van der Waals surface area contributed by atoms with Gasteiger partial charge in [0.25, 0.3) is 0 Å². The predicted molar refractivity (Wildman–Crippen MR) is 57.9 cm³/mol. The van der Waals surface area contributed by atoms with Gasteiger partial charge in [-0.15, -0.1) is 0 Å². The van der Waals surface area contributed by atoms with Gasteiger partial charge >= 0.3 is 12.1 Å². The molecule has 1 rings (SSSR count). The number of halogens is 3. The summed E-state index contributed by atoms with van der Waals surface area (Å²) in [7, 11) is 2.52. The molecular weight excluding hydrogens is 267 g/mol. The van der Waals surface area contributed by atoms with Crippen LogP contribution in [0.2, 0.25) is 0 Å². The lowest BCUT2D eigenvalue weighted by Crippen LogP contribution is -2.15. The number of hydrogen-bond acceptors (Lipinski definition) is 5. The summed E-state index contributed by atoms with van der Waals surface area (Å²) in [6.45, 7) is 0.118. The van der Waals surface area contributed by atoms with E-state index in [1.807, 2.05) is 0 Å². The monoisotopic (exact) mass is 279 g/mol. The van der Waals surface area contributed by atoms with E-state index in [-0.39, 0.29) is 18.8 Å². The third-order valence-electron chi connectivity index (χ3n) is 2.08. The molecule has 8 heteroatoms. The summed E-state index contributed by atoms with van der Waals surface area (Å²) in [5, 5.41) is 0. The van der Waals surface area contributed by atoms with E-state index < -0.39 is 23.7 Å². The van der Waals surface area contributed by atoms with E-state index in [9.17, 15) is 18.0 Å². The lowest BCUT2D eigenvalue weighted by molar-refractivity contribution is -0.141. The Morgan fingerprint density at radius 3 is 2.47 bits per heavy atom. The maximum atomic E-state index is 12.5. The first-order valence-electron chi connectivity index (χ1n) is 5.18. The molecule has 5 nitrogen and oxygen atoms in total. The van der Waals surface area contributed by atoms with Crippen molar-refractivity contribution in [2.75, 3.05) is 27.4 Å². The van der Waals surface area contributed by atoms with E-state index in [2.05, 4.69) is 9.72 Å². The fraction of sp³-hybridized carbons (Fsp3) is 0.455. The molecule has 0 spiro atoms. The van der Waals surface area contributed by atoms with Gasteiger partial charge in [-0.3, -0.25) is 0 Å². The predicted octanol–water partition coefficient (Wildman–Crippen LogP) is 1.91. The lowest BCUT2D eigenvalue weighted by atomic mass is 10.2. The standard InChI is InChI=1S/C11H12F3NO4/c1-17-5-6-19-9-7(10(16)18-2)3-4-8(15-9)11(12,13)14/h3-4H,5-6H2,1-2H3. The molecule has 1 aromatic rings. The minimum absolute atomic E-state index is 0.0329. The molecule has 0 aliphatic heterocycles. The van der Waals surface area contributed by atoms with Crippen molar-refractivity contribution in [1.29, 1.82) is 0 Å². The Morgan fingerprint density at radius 1 is 1.26 bits per heavy atom. The first-order chi connectivity index (χ1) is 8.90. The van der Waals surface area contributed by atoms with Crippen molar-refractivity contribution in [3.05, 3.63) is 23.4 Å². The first kappa shape index (κ1) is 15.2. The molecule has 0 aromatic carbocycles. The van der Waals surface area contributed by atoms with E-state index in [0.717, 1.165) is 13.2 Å². The zero-order valence-corrected chi connectivity index (χ0v) is 10.3. The average Bonchev–Trinajstić information content (AvgIpc) is 2.37. The minimum atomic E-state index is -4.62. The molecule has 0 aliphatic carbocycles. The Hall–Kier alpha value is -1.83. The molecule has 0 radical (unpaired) electrons. The van der Waals surface area contributed by atoms with Gasteiger partial charge in [0, 0.05) is 7.11 Å². The number of esters is 1. The second-order valence-corrected chi connectivity index (χ2v) is 3.38. The number of alkyl halides is 3. The summed E-state index contributed by atoms with van der Waals surface area (Å²) in [5.41, 5.74) is -1.32. The van der Waals surface area contributed by atoms with Crippen LogP contribution in [0.5, 0.6) is 5.88 Å². The Bertz CT molecular complexity index is 448. The number of carbonyl (C=O) groups is 1. The second kappa shape index (κ2) is 6.37. The van der Waals surface area contributed by atoms with Crippen molar-refractivity contribution < 1.29 is 32.2 Å². The maximum absolute atomic E-state index is 12.5. The molecule has 0 saturated heterocycles. The molecule has 1 aromatic heterocycles. The first-order valence-corrected chi connectivity index (χ1v) is 5.18. The molecule has 106 valence electrons. The van der Waals surface area contributed by atoms with Gasteiger partial charge in [0.05, 0.1) is 13.7 Å². The maximum Gasteiger partial charge on any atom is 0.433 e. The zero-order chi connectivity index (χ0) is 14.5. The highest BCUT2D eigenvalue weighted by molar-refractivity contribution is 5.91. The van der Waals surface area contributed by atoms with Gasteiger partial charge in [0.1, 0.15) is 17.9 Å². The van der Waals surface area contributed by atoms with E-state index in [4.69, 9.17) is 9.47 Å². The van der Waals surface area contributed by atoms with E-state index in [1.54, 1.807) is 0 Å². The van der Waals surface area contributed by atoms with E-state index >= 15 is 0 Å². The fourth-order valence-electron chi connectivity index (χ4n) is 1.20. The number of methoxy groups -OCH3 is 2. The molecule has 19 heavy (non-hydrogen) atoms. The molecule has 1 heterocycles. The van der Waals surface area contributed by atoms with Crippen molar-refractivity contribution in [3.63, 3.8) is 0 Å². The molecule has 0 fully saturated rings. The Kier molecular flexibility index (Phi) is 5.11. The van der Waals surface area contributed by atoms with Crippen LogP contribution in [0.15, 0.2) is 12.1 Å². The molecular formula is C11H12F3NO4. The molecule has 0 bridgehead atoms. The number of nitrogens with zero attached hydrogens (tertiary/aromatic N) is 1. The second-order valence-electron chi connectivity index (χ2n) is 3.38. The third-order valence-corrected chi connectivity index (χ3v) is 2.08. The summed E-state index contributed by atoms with van der Waals surface area (Å²) in [6.07, 6.45) is -4.62. The van der Waals surface area contributed by atoms with Crippen molar-refractivity contribution in [3.8, 4) is 5.88 Å². The van der Waals surface area contributed by atoms with Crippen LogP contribution in [0.25, 0.3) is 0 Å². The van der Waals surface area contributed by atoms with Crippen LogP contribution in [0.4, 0.5) is 13.2 Å². The average molecular weight is 279 g/mol. The van der Waals surface area contributed by atoms with Crippen molar-refractivity contribution in [1.82, 2.24) is 4.98 Å². The molecule has 0 atom stereocenters. The third kappa shape index (κ3) is 4.09. The summed E-state index contributed by atoms with van der Waals surface area (Å²) in [4.78, 5) is 14.7. The molecule has 0 unspecified atom stereocenters. The number of pyridine rings is 1. The largest absolute Gasteiger partial charge is 0.475 e. The van der Waals surface area contributed by atoms with Gasteiger partial charge < -0.3 is 14.2 Å². The van der Waals surface area contributed by atoms with Crippen LogP contribution >= 0.6 is 0 Å². The van der Waals surface area contributed by atoms with Gasteiger partial charge in [0.2, 0.25) is 5.88 Å². The van der Waals surface area contributed by atoms with Crippen molar-refractivity contribution in [2.45, 2.75) is 6.18 Å².